The van der Waals surface area contributed by atoms with E-state index in [2.05, 4.69) is 24.4 Å². The van der Waals surface area contributed by atoms with Crippen LogP contribution in [-0.2, 0) is 13.2 Å². The second-order valence-electron chi connectivity index (χ2n) is 6.52. The van der Waals surface area contributed by atoms with Gasteiger partial charge in [-0.15, -0.1) is 0 Å². The van der Waals surface area contributed by atoms with Crippen LogP contribution in [0.15, 0.2) is 66.7 Å². The monoisotopic (exact) mass is 399 g/mol. The quantitative estimate of drug-likeness (QED) is 0.510. The van der Waals surface area contributed by atoms with Crippen LogP contribution < -0.4 is 14.8 Å². The van der Waals surface area contributed by atoms with E-state index in [0.29, 0.717) is 28.6 Å². The van der Waals surface area contributed by atoms with Crippen molar-refractivity contribution >= 4 is 11.6 Å². The molecule has 3 aromatic carbocycles. The van der Waals surface area contributed by atoms with E-state index in [0.717, 1.165) is 5.56 Å². The maximum atomic E-state index is 13.2. The van der Waals surface area contributed by atoms with Crippen LogP contribution in [0.5, 0.6) is 11.5 Å². The average Bonchev–Trinajstić information content (AvgIpc) is 2.72. The number of rotatable bonds is 8. The highest BCUT2D eigenvalue weighted by atomic mass is 35.5. The summed E-state index contributed by atoms with van der Waals surface area (Å²) in [5.74, 6) is 0.889. The minimum absolute atomic E-state index is 0.234. The van der Waals surface area contributed by atoms with Crippen LogP contribution in [0, 0.1) is 5.82 Å². The Hall–Kier alpha value is -2.56. The fourth-order valence-corrected chi connectivity index (χ4v) is 3.09. The van der Waals surface area contributed by atoms with Crippen LogP contribution in [-0.4, -0.2) is 7.11 Å². The predicted octanol–water partition coefficient (Wildman–Crippen LogP) is 5.92. The SMILES string of the molecule is COc1cc(CN[C@H](C)c2ccccc2)ccc1OCc1ccc(F)cc1Cl. The highest BCUT2D eigenvalue weighted by Gasteiger charge is 2.10. The molecule has 0 aromatic heterocycles. The van der Waals surface area contributed by atoms with E-state index >= 15 is 0 Å². The van der Waals surface area contributed by atoms with Crippen LogP contribution in [0.25, 0.3) is 0 Å². The molecule has 0 heterocycles. The third kappa shape index (κ3) is 5.24. The Morgan fingerprint density at radius 1 is 1.00 bits per heavy atom. The summed E-state index contributed by atoms with van der Waals surface area (Å²) < 4.78 is 24.5. The Morgan fingerprint density at radius 3 is 2.50 bits per heavy atom. The Morgan fingerprint density at radius 2 is 1.79 bits per heavy atom. The van der Waals surface area contributed by atoms with Crippen molar-refractivity contribution in [3.8, 4) is 11.5 Å². The fourth-order valence-electron chi connectivity index (χ4n) is 2.87. The fraction of sp³-hybridized carbons (Fsp3) is 0.217. The lowest BCUT2D eigenvalue weighted by atomic mass is 10.1. The smallest absolute Gasteiger partial charge is 0.161 e. The van der Waals surface area contributed by atoms with Gasteiger partial charge in [0.15, 0.2) is 11.5 Å². The molecule has 0 amide bonds. The van der Waals surface area contributed by atoms with E-state index in [1.165, 1.54) is 17.7 Å². The number of hydrogen-bond donors (Lipinski definition) is 1. The van der Waals surface area contributed by atoms with E-state index < -0.39 is 0 Å². The molecule has 0 bridgehead atoms. The first kappa shape index (κ1) is 20.2. The van der Waals surface area contributed by atoms with Gasteiger partial charge in [0.05, 0.1) is 12.1 Å². The lowest BCUT2D eigenvalue weighted by Gasteiger charge is -2.16. The van der Waals surface area contributed by atoms with Gasteiger partial charge in [-0.25, -0.2) is 4.39 Å². The number of halogens is 2. The molecule has 5 heteroatoms. The standard InChI is InChI=1S/C23H23ClFNO2/c1-16(18-6-4-3-5-7-18)26-14-17-8-11-22(23(12-17)27-2)28-15-19-9-10-20(25)13-21(19)24/h3-13,16,26H,14-15H2,1-2H3/t16-/m1/s1. The van der Waals surface area contributed by atoms with Gasteiger partial charge in [0, 0.05) is 18.2 Å². The second-order valence-corrected chi connectivity index (χ2v) is 6.93. The Kier molecular flexibility index (Phi) is 6.90. The maximum Gasteiger partial charge on any atom is 0.161 e. The minimum Gasteiger partial charge on any atom is -0.493 e. The first-order valence-electron chi connectivity index (χ1n) is 9.09. The molecule has 0 aliphatic rings. The first-order chi connectivity index (χ1) is 13.6. The highest BCUT2D eigenvalue weighted by Crippen LogP contribution is 2.30. The molecule has 0 unspecified atom stereocenters. The molecule has 0 aliphatic carbocycles. The molecule has 146 valence electrons. The van der Waals surface area contributed by atoms with Crippen molar-refractivity contribution in [1.82, 2.24) is 5.32 Å². The number of nitrogens with one attached hydrogen (secondary N) is 1. The summed E-state index contributed by atoms with van der Waals surface area (Å²) >= 11 is 6.06. The summed E-state index contributed by atoms with van der Waals surface area (Å²) in [5.41, 5.74) is 3.05. The van der Waals surface area contributed by atoms with Crippen molar-refractivity contribution in [3.05, 3.63) is 94.3 Å². The molecule has 28 heavy (non-hydrogen) atoms. The summed E-state index contributed by atoms with van der Waals surface area (Å²) in [4.78, 5) is 0. The van der Waals surface area contributed by atoms with Crippen LogP contribution in [0.2, 0.25) is 5.02 Å². The molecule has 0 aliphatic heterocycles. The van der Waals surface area contributed by atoms with Gasteiger partial charge in [0.25, 0.3) is 0 Å². The predicted molar refractivity (Wildman–Crippen MR) is 110 cm³/mol. The van der Waals surface area contributed by atoms with Crippen LogP contribution in [0.3, 0.4) is 0 Å². The van der Waals surface area contributed by atoms with Crippen molar-refractivity contribution in [3.63, 3.8) is 0 Å². The van der Waals surface area contributed by atoms with Crippen molar-refractivity contribution in [2.75, 3.05) is 7.11 Å². The highest BCUT2D eigenvalue weighted by molar-refractivity contribution is 6.31. The van der Waals surface area contributed by atoms with E-state index in [1.807, 2.05) is 36.4 Å². The zero-order chi connectivity index (χ0) is 19.9. The first-order valence-corrected chi connectivity index (χ1v) is 9.46. The zero-order valence-corrected chi connectivity index (χ0v) is 16.7. The maximum absolute atomic E-state index is 13.2. The summed E-state index contributed by atoms with van der Waals surface area (Å²) in [5, 5.41) is 3.85. The summed E-state index contributed by atoms with van der Waals surface area (Å²) in [6.07, 6.45) is 0. The molecular weight excluding hydrogens is 377 g/mol. The molecule has 0 fully saturated rings. The Bertz CT molecular complexity index is 918. The van der Waals surface area contributed by atoms with E-state index in [4.69, 9.17) is 21.1 Å². The number of hydrogen-bond acceptors (Lipinski definition) is 3. The Balaban J connectivity index is 1.63. The van der Waals surface area contributed by atoms with Crippen molar-refractivity contribution < 1.29 is 13.9 Å². The molecule has 0 saturated heterocycles. The molecule has 1 atom stereocenters. The van der Waals surface area contributed by atoms with Gasteiger partial charge in [-0.2, -0.15) is 0 Å². The second kappa shape index (κ2) is 9.58. The third-order valence-electron chi connectivity index (χ3n) is 4.54. The van der Waals surface area contributed by atoms with Crippen molar-refractivity contribution in [1.29, 1.82) is 0 Å². The van der Waals surface area contributed by atoms with E-state index in [1.54, 1.807) is 13.2 Å². The minimum atomic E-state index is -0.368. The Labute approximate surface area is 170 Å². The largest absolute Gasteiger partial charge is 0.493 e. The van der Waals surface area contributed by atoms with Crippen LogP contribution in [0.1, 0.15) is 29.7 Å². The third-order valence-corrected chi connectivity index (χ3v) is 4.89. The molecule has 0 saturated carbocycles. The number of benzene rings is 3. The van der Waals surface area contributed by atoms with Crippen LogP contribution >= 0.6 is 11.6 Å². The topological polar surface area (TPSA) is 30.5 Å². The van der Waals surface area contributed by atoms with Gasteiger partial charge in [-0.05, 0) is 42.3 Å². The molecule has 3 nitrogen and oxygen atoms in total. The van der Waals surface area contributed by atoms with E-state index in [-0.39, 0.29) is 18.5 Å². The van der Waals surface area contributed by atoms with Gasteiger partial charge in [-0.1, -0.05) is 54.1 Å². The number of ether oxygens (including phenoxy) is 2. The summed E-state index contributed by atoms with van der Waals surface area (Å²) in [6.45, 7) is 3.07. The van der Waals surface area contributed by atoms with Crippen LogP contribution in [0.4, 0.5) is 4.39 Å². The van der Waals surface area contributed by atoms with Gasteiger partial charge in [-0.3, -0.25) is 0 Å². The van der Waals surface area contributed by atoms with Crippen molar-refractivity contribution in [2.24, 2.45) is 0 Å². The molecule has 1 N–H and O–H groups in total. The number of methoxy groups -OCH3 is 1. The lowest BCUT2D eigenvalue weighted by Crippen LogP contribution is -2.18. The molecule has 3 rings (SSSR count). The molecular formula is C23H23ClFNO2. The zero-order valence-electron chi connectivity index (χ0n) is 15.9. The summed E-state index contributed by atoms with van der Waals surface area (Å²) in [7, 11) is 1.61. The molecule has 0 radical (unpaired) electrons. The molecule has 0 spiro atoms. The normalized spacial score (nSPS) is 11.9. The van der Waals surface area contributed by atoms with Gasteiger partial charge in [0.2, 0.25) is 0 Å². The van der Waals surface area contributed by atoms with E-state index in [9.17, 15) is 4.39 Å². The molecule has 3 aromatic rings. The van der Waals surface area contributed by atoms with Gasteiger partial charge in [0.1, 0.15) is 12.4 Å². The van der Waals surface area contributed by atoms with Crippen molar-refractivity contribution in [2.45, 2.75) is 26.1 Å². The van der Waals surface area contributed by atoms with Gasteiger partial charge >= 0.3 is 0 Å². The lowest BCUT2D eigenvalue weighted by molar-refractivity contribution is 0.284. The average molecular weight is 400 g/mol. The summed E-state index contributed by atoms with van der Waals surface area (Å²) in [6, 6.07) is 20.6. The van der Waals surface area contributed by atoms with Gasteiger partial charge < -0.3 is 14.8 Å².